The standard InChI is InChI=1S/C15H13N3O4/c1-2-10(15(20)21)18-11-5-3-4-6-12(11)22-13-9(14(18)19)7-8-16-17-13/h3-8,10H,2H2,1H3,(H,20,21)/p-1. The Morgan fingerprint density at radius 2 is 2.14 bits per heavy atom. The van der Waals surface area contributed by atoms with E-state index in [4.69, 9.17) is 4.74 Å². The highest BCUT2D eigenvalue weighted by Gasteiger charge is 2.33. The molecule has 0 saturated carbocycles. The van der Waals surface area contributed by atoms with Gasteiger partial charge in [0.05, 0.1) is 23.9 Å². The number of aromatic nitrogens is 2. The number of anilines is 1. The van der Waals surface area contributed by atoms with Crippen molar-refractivity contribution in [3.05, 3.63) is 42.1 Å². The largest absolute Gasteiger partial charge is 0.548 e. The fraction of sp³-hybridized carbons (Fsp3) is 0.200. The molecule has 0 spiro atoms. The molecular weight excluding hydrogens is 286 g/mol. The van der Waals surface area contributed by atoms with Gasteiger partial charge in [-0.05, 0) is 24.6 Å². The third kappa shape index (κ3) is 2.16. The number of nitrogens with zero attached hydrogens (tertiary/aromatic N) is 3. The average molecular weight is 298 g/mol. The number of hydrogen-bond acceptors (Lipinski definition) is 6. The van der Waals surface area contributed by atoms with Gasteiger partial charge >= 0.3 is 0 Å². The molecule has 1 aromatic heterocycles. The van der Waals surface area contributed by atoms with Crippen LogP contribution in [0.2, 0.25) is 0 Å². The van der Waals surface area contributed by atoms with Crippen LogP contribution in [0.5, 0.6) is 11.6 Å². The minimum Gasteiger partial charge on any atom is -0.548 e. The first kappa shape index (κ1) is 14.0. The van der Waals surface area contributed by atoms with Gasteiger partial charge in [0, 0.05) is 0 Å². The van der Waals surface area contributed by atoms with Gasteiger partial charge in [-0.15, -0.1) is 5.10 Å². The van der Waals surface area contributed by atoms with E-state index in [9.17, 15) is 14.7 Å². The van der Waals surface area contributed by atoms with Crippen LogP contribution >= 0.6 is 0 Å². The smallest absolute Gasteiger partial charge is 0.264 e. The molecule has 7 heteroatoms. The molecule has 0 saturated heterocycles. The van der Waals surface area contributed by atoms with Crippen molar-refractivity contribution in [2.24, 2.45) is 0 Å². The summed E-state index contributed by atoms with van der Waals surface area (Å²) < 4.78 is 5.63. The second kappa shape index (κ2) is 5.44. The van der Waals surface area contributed by atoms with Crippen molar-refractivity contribution in [2.45, 2.75) is 19.4 Å². The topological polar surface area (TPSA) is 95.5 Å². The number of carboxylic acids is 1. The summed E-state index contributed by atoms with van der Waals surface area (Å²) in [5.74, 6) is -1.44. The van der Waals surface area contributed by atoms with Crippen LogP contribution in [0.4, 0.5) is 5.69 Å². The van der Waals surface area contributed by atoms with Crippen molar-refractivity contribution in [3.63, 3.8) is 0 Å². The van der Waals surface area contributed by atoms with Crippen molar-refractivity contribution >= 4 is 17.6 Å². The normalized spacial score (nSPS) is 14.4. The Morgan fingerprint density at radius 3 is 2.86 bits per heavy atom. The molecule has 1 aromatic carbocycles. The molecule has 3 rings (SSSR count). The summed E-state index contributed by atoms with van der Waals surface area (Å²) in [6.07, 6.45) is 1.56. The van der Waals surface area contributed by atoms with E-state index >= 15 is 0 Å². The number of carbonyl (C=O) groups is 2. The zero-order valence-corrected chi connectivity index (χ0v) is 11.7. The number of ether oxygens (including phenoxy) is 1. The predicted molar refractivity (Wildman–Crippen MR) is 74.4 cm³/mol. The van der Waals surface area contributed by atoms with Crippen LogP contribution in [-0.2, 0) is 4.79 Å². The summed E-state index contributed by atoms with van der Waals surface area (Å²) in [6, 6.07) is 7.04. The Labute approximate surface area is 126 Å². The van der Waals surface area contributed by atoms with E-state index in [1.165, 1.54) is 17.2 Å². The zero-order valence-electron chi connectivity index (χ0n) is 11.7. The van der Waals surface area contributed by atoms with E-state index < -0.39 is 17.9 Å². The van der Waals surface area contributed by atoms with Crippen LogP contribution < -0.4 is 14.7 Å². The van der Waals surface area contributed by atoms with Gasteiger partial charge < -0.3 is 14.6 Å². The van der Waals surface area contributed by atoms with Gasteiger partial charge in [0.2, 0.25) is 0 Å². The van der Waals surface area contributed by atoms with E-state index in [1.807, 2.05) is 0 Å². The second-order valence-corrected chi connectivity index (χ2v) is 4.74. The maximum atomic E-state index is 12.8. The summed E-state index contributed by atoms with van der Waals surface area (Å²) in [7, 11) is 0. The Hall–Kier alpha value is -2.96. The van der Waals surface area contributed by atoms with Gasteiger partial charge in [-0.1, -0.05) is 19.1 Å². The monoisotopic (exact) mass is 298 g/mol. The van der Waals surface area contributed by atoms with E-state index in [-0.39, 0.29) is 17.9 Å². The van der Waals surface area contributed by atoms with Crippen LogP contribution in [0.3, 0.4) is 0 Å². The van der Waals surface area contributed by atoms with Crippen molar-refractivity contribution in [1.82, 2.24) is 10.2 Å². The van der Waals surface area contributed by atoms with Gasteiger partial charge in [0.15, 0.2) is 5.75 Å². The highest BCUT2D eigenvalue weighted by Crippen LogP contribution is 2.38. The Kier molecular flexibility index (Phi) is 3.46. The number of rotatable bonds is 3. The number of carboxylic acid groups (broad SMARTS) is 1. The Bertz CT molecular complexity index is 747. The lowest BCUT2D eigenvalue weighted by atomic mass is 10.1. The first-order chi connectivity index (χ1) is 10.6. The minimum atomic E-state index is -1.32. The molecule has 1 aliphatic rings. The number of hydrogen-bond donors (Lipinski definition) is 0. The third-order valence-electron chi connectivity index (χ3n) is 3.44. The lowest BCUT2D eigenvalue weighted by Gasteiger charge is -2.31. The minimum absolute atomic E-state index is 0.0515. The number of carbonyl (C=O) groups excluding carboxylic acids is 2. The van der Waals surface area contributed by atoms with Crippen molar-refractivity contribution < 1.29 is 19.4 Å². The van der Waals surface area contributed by atoms with E-state index in [0.29, 0.717) is 11.4 Å². The maximum absolute atomic E-state index is 12.8. The lowest BCUT2D eigenvalue weighted by molar-refractivity contribution is -0.307. The highest BCUT2D eigenvalue weighted by atomic mass is 16.5. The summed E-state index contributed by atoms with van der Waals surface area (Å²) >= 11 is 0. The summed E-state index contributed by atoms with van der Waals surface area (Å²) in [6.45, 7) is 1.67. The number of para-hydroxylation sites is 2. The molecule has 2 heterocycles. The first-order valence-electron chi connectivity index (χ1n) is 6.76. The van der Waals surface area contributed by atoms with Crippen LogP contribution in [0.25, 0.3) is 0 Å². The lowest BCUT2D eigenvalue weighted by Crippen LogP contribution is -2.50. The zero-order chi connectivity index (χ0) is 15.7. The Balaban J connectivity index is 2.23. The van der Waals surface area contributed by atoms with Crippen LogP contribution in [0, 0.1) is 0 Å². The molecule has 7 nitrogen and oxygen atoms in total. The van der Waals surface area contributed by atoms with E-state index in [1.54, 1.807) is 31.2 Å². The molecule has 0 fully saturated rings. The molecule has 0 aliphatic carbocycles. The molecule has 1 aliphatic heterocycles. The van der Waals surface area contributed by atoms with Crippen molar-refractivity contribution in [1.29, 1.82) is 0 Å². The molecule has 0 radical (unpaired) electrons. The van der Waals surface area contributed by atoms with Gasteiger partial charge in [-0.3, -0.25) is 9.69 Å². The van der Waals surface area contributed by atoms with Crippen LogP contribution in [-0.4, -0.2) is 28.1 Å². The molecule has 2 aromatic rings. The van der Waals surface area contributed by atoms with Crippen LogP contribution in [0.1, 0.15) is 23.7 Å². The average Bonchev–Trinajstić information content (AvgIpc) is 2.64. The molecule has 0 bridgehead atoms. The van der Waals surface area contributed by atoms with E-state index in [0.717, 1.165) is 0 Å². The summed E-state index contributed by atoms with van der Waals surface area (Å²) in [4.78, 5) is 25.4. The molecule has 0 N–H and O–H groups in total. The SMILES string of the molecule is CCC(C(=O)[O-])N1C(=O)c2ccnnc2Oc2ccccc21. The first-order valence-corrected chi connectivity index (χ1v) is 6.76. The predicted octanol–water partition coefficient (Wildman–Crippen LogP) is 0.758. The quantitative estimate of drug-likeness (QED) is 0.830. The maximum Gasteiger partial charge on any atom is 0.264 e. The van der Waals surface area contributed by atoms with E-state index in [2.05, 4.69) is 10.2 Å². The van der Waals surface area contributed by atoms with Gasteiger partial charge in [-0.25, -0.2) is 0 Å². The fourth-order valence-corrected chi connectivity index (χ4v) is 2.41. The number of benzene rings is 1. The molecule has 1 unspecified atom stereocenters. The summed E-state index contributed by atoms with van der Waals surface area (Å²) in [5.41, 5.74) is 0.521. The highest BCUT2D eigenvalue weighted by molar-refractivity contribution is 6.11. The van der Waals surface area contributed by atoms with Crippen molar-refractivity contribution in [2.75, 3.05) is 4.90 Å². The van der Waals surface area contributed by atoms with Gasteiger partial charge in [0.25, 0.3) is 11.8 Å². The summed E-state index contributed by atoms with van der Waals surface area (Å²) in [5, 5.41) is 18.9. The van der Waals surface area contributed by atoms with Gasteiger partial charge in [-0.2, -0.15) is 5.10 Å². The molecule has 22 heavy (non-hydrogen) atoms. The molecule has 1 atom stereocenters. The van der Waals surface area contributed by atoms with Crippen LogP contribution in [0.15, 0.2) is 36.5 Å². The fourth-order valence-electron chi connectivity index (χ4n) is 2.41. The second-order valence-electron chi connectivity index (χ2n) is 4.74. The molecular formula is C15H12N3O4-. The number of fused-ring (bicyclic) bond motifs is 2. The number of aliphatic carboxylic acids is 1. The molecule has 1 amide bonds. The van der Waals surface area contributed by atoms with Crippen molar-refractivity contribution in [3.8, 4) is 11.6 Å². The third-order valence-corrected chi connectivity index (χ3v) is 3.44. The number of amides is 1. The Morgan fingerprint density at radius 1 is 1.36 bits per heavy atom. The van der Waals surface area contributed by atoms with Gasteiger partial charge in [0.1, 0.15) is 5.56 Å². The molecule has 112 valence electrons.